The minimum Gasteiger partial charge on any atom is -0.487 e. The molecule has 2 atom stereocenters. The van der Waals surface area contributed by atoms with Crippen molar-refractivity contribution in [2.24, 2.45) is 11.1 Å². The van der Waals surface area contributed by atoms with Gasteiger partial charge in [0.1, 0.15) is 47.1 Å². The number of esters is 1. The first kappa shape index (κ1) is 51.7. The highest BCUT2D eigenvalue weighted by Crippen LogP contribution is 2.41. The van der Waals surface area contributed by atoms with E-state index in [4.69, 9.17) is 33.1 Å². The molecule has 0 spiro atoms. The maximum atomic E-state index is 13.9. The fourth-order valence-electron chi connectivity index (χ4n) is 5.58. The highest BCUT2D eigenvalue weighted by Gasteiger charge is 2.57. The number of Topliss-reactive ketones (excluding diaryl/α,β-unsaturated/α-hetero) is 1. The molecule has 65 heavy (non-hydrogen) atoms. The second-order valence-electron chi connectivity index (χ2n) is 18.0. The molecule has 1 aliphatic heterocycles. The van der Waals surface area contributed by atoms with Gasteiger partial charge in [-0.15, -0.1) is 15.6 Å². The molecule has 4 rings (SSSR count). The van der Waals surface area contributed by atoms with Crippen molar-refractivity contribution in [3.8, 4) is 17.4 Å². The quantitative estimate of drug-likeness (QED) is 0.0200. The average molecular weight is 951 g/mol. The molecule has 0 aromatic carbocycles. The molecule has 0 saturated carbocycles. The highest BCUT2D eigenvalue weighted by atomic mass is 32.3. The first-order chi connectivity index (χ1) is 30.0. The van der Waals surface area contributed by atoms with Crippen LogP contribution in [0.2, 0.25) is 0 Å². The van der Waals surface area contributed by atoms with Crippen molar-refractivity contribution in [3.05, 3.63) is 53.9 Å². The number of thiazole rings is 1. The lowest BCUT2D eigenvalue weighted by Gasteiger charge is -2.50. The number of hydrogen-bond donors (Lipinski definition) is 3. The molecule has 24 heteroatoms. The van der Waals surface area contributed by atoms with Crippen molar-refractivity contribution in [3.63, 3.8) is 0 Å². The molecule has 0 bridgehead atoms. The van der Waals surface area contributed by atoms with E-state index < -0.39 is 93.3 Å². The minimum absolute atomic E-state index is 0.00641. The molecule has 0 radical (unpaired) electrons. The van der Waals surface area contributed by atoms with Gasteiger partial charge < -0.3 is 33.8 Å². The zero-order valence-corrected chi connectivity index (χ0v) is 39.7. The Bertz CT molecular complexity index is 2320. The molecule has 1 fully saturated rings. The number of ether oxygens (including phenoxy) is 5. The van der Waals surface area contributed by atoms with Gasteiger partial charge in [0.15, 0.2) is 29.0 Å². The number of aryl methyl sites for hydroxylation is 1. The number of alkyl carbamates (subject to hydrolysis) is 1. The number of oxime groups is 1. The molecule has 356 valence electrons. The number of rotatable bonds is 19. The van der Waals surface area contributed by atoms with E-state index in [1.165, 1.54) is 37.6 Å². The van der Waals surface area contributed by atoms with Crippen LogP contribution in [0.25, 0.3) is 0 Å². The molecule has 3 aromatic rings. The Balaban J connectivity index is 1.48. The average Bonchev–Trinajstić information content (AvgIpc) is 3.62. The van der Waals surface area contributed by atoms with Gasteiger partial charge in [-0.3, -0.25) is 19.5 Å². The molecule has 1 aliphatic rings. The maximum Gasteiger partial charge on any atom is 0.418 e. The van der Waals surface area contributed by atoms with Gasteiger partial charge in [-0.25, -0.2) is 28.9 Å². The number of hydrogen-bond acceptors (Lipinski definition) is 18. The Labute approximate surface area is 380 Å². The van der Waals surface area contributed by atoms with Gasteiger partial charge in [0.05, 0.1) is 17.7 Å². The minimum atomic E-state index is -5.06. The maximum absolute atomic E-state index is 13.9. The molecular weight excluding hydrogens is 895 g/mol. The number of hydroxylamine groups is 2. The van der Waals surface area contributed by atoms with E-state index in [0.717, 1.165) is 11.3 Å². The molecule has 22 nitrogen and oxygen atoms in total. The molecule has 3 N–H and O–H groups in total. The van der Waals surface area contributed by atoms with Gasteiger partial charge in [0, 0.05) is 43.0 Å². The van der Waals surface area contributed by atoms with Crippen LogP contribution in [0.5, 0.6) is 17.4 Å². The smallest absolute Gasteiger partial charge is 0.418 e. The Kier molecular flexibility index (Phi) is 16.6. The lowest BCUT2D eigenvalue weighted by atomic mass is 9.74. The second kappa shape index (κ2) is 20.9. The Morgan fingerprint density at radius 1 is 0.938 bits per heavy atom. The van der Waals surface area contributed by atoms with Crippen LogP contribution in [0.15, 0.2) is 53.4 Å². The van der Waals surface area contributed by atoms with E-state index in [0.29, 0.717) is 30.3 Å². The third-order valence-corrected chi connectivity index (χ3v) is 9.54. The highest BCUT2D eigenvalue weighted by molar-refractivity contribution is 7.80. The van der Waals surface area contributed by atoms with Crippen LogP contribution in [0, 0.1) is 5.92 Å². The Hall–Kier alpha value is -5.98. The summed E-state index contributed by atoms with van der Waals surface area (Å²) in [5, 5.41) is 11.0. The number of nitrogens with one attached hydrogen (secondary N) is 2. The lowest BCUT2D eigenvalue weighted by Crippen LogP contribution is -2.68. The topological polar surface area (TPSA) is 274 Å². The van der Waals surface area contributed by atoms with Crippen LogP contribution in [-0.4, -0.2) is 105 Å². The van der Waals surface area contributed by atoms with Crippen LogP contribution in [0.4, 0.5) is 14.7 Å². The van der Waals surface area contributed by atoms with Crippen LogP contribution >= 0.6 is 11.3 Å². The van der Waals surface area contributed by atoms with Crippen molar-refractivity contribution in [2.45, 2.75) is 124 Å². The standard InChI is InChI=1S/C41H55N7O15S2/c1-38(2,3)59-34(51)30(23-57-26-13-14-31(43-22-26)58-25-15-19-47(20-16-25)18-12-17-42-36(52)60-39(4,5)6)62-46-32(28-24-64-35(44-28)45-37(53)61-40(7,8)9)29(49)21-27-33(50)48(41(27,10)11)63-65(54,55)56/h13-16,19-20,22,24,27,30H,12,17-18,21,23H2,1-11H3,(H2-,42,44,45,52,53,54,55,56)/p+1/b46-32-/t27-,30?/m1/s1. The summed E-state index contributed by atoms with van der Waals surface area (Å²) < 4.78 is 66.0. The summed E-state index contributed by atoms with van der Waals surface area (Å²) in [7, 11) is -5.06. The van der Waals surface area contributed by atoms with Crippen LogP contribution in [0.3, 0.4) is 0 Å². The fourth-order valence-corrected chi connectivity index (χ4v) is 6.71. The third-order valence-electron chi connectivity index (χ3n) is 8.45. The summed E-state index contributed by atoms with van der Waals surface area (Å²) in [5.74, 6) is -2.91. The van der Waals surface area contributed by atoms with E-state index in [-0.39, 0.29) is 22.5 Å². The normalized spacial score (nSPS) is 15.8. The number of ketones is 1. The van der Waals surface area contributed by atoms with Gasteiger partial charge in [-0.1, -0.05) is 5.16 Å². The largest absolute Gasteiger partial charge is 0.487 e. The van der Waals surface area contributed by atoms with Crippen molar-refractivity contribution >= 4 is 62.4 Å². The first-order valence-corrected chi connectivity index (χ1v) is 22.4. The third kappa shape index (κ3) is 16.8. The SMILES string of the molecule is CC(C)(C)OC(=O)NCCC[n+]1ccc(Oc2ccc(OCC(O/N=C(\C(=O)C[C@@H]3C(=O)N(OS(=O)(=O)O)C3(C)C)c3csc(NC(=O)OC(C)(C)C)n3)C(=O)OC(C)(C)C)cn2)cc1. The second-order valence-corrected chi connectivity index (χ2v) is 19.9. The summed E-state index contributed by atoms with van der Waals surface area (Å²) >= 11 is 0.908. The zero-order chi connectivity index (χ0) is 48.5. The summed E-state index contributed by atoms with van der Waals surface area (Å²) in [6.07, 6.45) is 2.18. The molecule has 3 aromatic heterocycles. The lowest BCUT2D eigenvalue weighted by molar-refractivity contribution is -0.697. The molecule has 0 aliphatic carbocycles. The van der Waals surface area contributed by atoms with Crippen LogP contribution in [0.1, 0.15) is 94.7 Å². The number of anilines is 1. The molecule has 1 unspecified atom stereocenters. The number of amides is 3. The predicted octanol–water partition coefficient (Wildman–Crippen LogP) is 5.32. The van der Waals surface area contributed by atoms with Crippen molar-refractivity contribution in [2.75, 3.05) is 18.5 Å². The van der Waals surface area contributed by atoms with Gasteiger partial charge >= 0.3 is 28.6 Å². The van der Waals surface area contributed by atoms with Crippen molar-refractivity contribution in [1.82, 2.24) is 20.3 Å². The summed E-state index contributed by atoms with van der Waals surface area (Å²) in [6.45, 7) is 18.7. The van der Waals surface area contributed by atoms with E-state index in [1.54, 1.807) is 74.4 Å². The van der Waals surface area contributed by atoms with Gasteiger partial charge in [-0.2, -0.15) is 13.5 Å². The summed E-state index contributed by atoms with van der Waals surface area (Å²) in [5.41, 5.74) is -4.39. The first-order valence-electron chi connectivity index (χ1n) is 20.2. The molecular formula is C41H56N7O15S2+. The number of carbonyl (C=O) groups excluding carboxylic acids is 5. The Morgan fingerprint density at radius 2 is 1.57 bits per heavy atom. The summed E-state index contributed by atoms with van der Waals surface area (Å²) in [6, 6.07) is 6.57. The molecule has 1 saturated heterocycles. The van der Waals surface area contributed by atoms with E-state index in [1.807, 2.05) is 17.0 Å². The molecule has 4 heterocycles. The van der Waals surface area contributed by atoms with E-state index in [9.17, 15) is 32.4 Å². The molecule has 3 amide bonds. The van der Waals surface area contributed by atoms with Gasteiger partial charge in [-0.05, 0) is 82.2 Å². The monoisotopic (exact) mass is 950 g/mol. The predicted molar refractivity (Wildman–Crippen MR) is 231 cm³/mol. The van der Waals surface area contributed by atoms with Gasteiger partial charge in [0.25, 0.3) is 12.0 Å². The number of nitrogens with zero attached hydrogens (tertiary/aromatic N) is 5. The van der Waals surface area contributed by atoms with Crippen molar-refractivity contribution in [1.29, 1.82) is 0 Å². The number of β-lactam (4-membered cyclic amide) rings is 1. The van der Waals surface area contributed by atoms with Crippen LogP contribution in [-0.2, 0) is 54.7 Å². The zero-order valence-electron chi connectivity index (χ0n) is 38.0. The fraction of sp³-hybridized carbons (Fsp3) is 0.537. The van der Waals surface area contributed by atoms with E-state index >= 15 is 0 Å². The number of pyridine rings is 2. The van der Waals surface area contributed by atoms with Crippen LogP contribution < -0.4 is 24.7 Å². The number of aromatic nitrogens is 3. The Morgan fingerprint density at radius 3 is 2.14 bits per heavy atom. The van der Waals surface area contributed by atoms with Gasteiger partial charge in [0.2, 0.25) is 5.88 Å². The number of carbonyl (C=O) groups is 5. The van der Waals surface area contributed by atoms with E-state index in [2.05, 4.69) is 30.0 Å². The van der Waals surface area contributed by atoms with Crippen molar-refractivity contribution < 1.29 is 74.3 Å². The summed E-state index contributed by atoms with van der Waals surface area (Å²) in [4.78, 5) is 78.8.